The normalized spacial score (nSPS) is 12.2. The Hall–Kier alpha value is -3.41. The van der Waals surface area contributed by atoms with Crippen molar-refractivity contribution in [3.05, 3.63) is 94.0 Å². The molecule has 0 aliphatic heterocycles. The lowest BCUT2D eigenvalue weighted by Gasteiger charge is -2.24. The highest BCUT2D eigenvalue weighted by Crippen LogP contribution is 2.37. The molecule has 1 atom stereocenters. The molecule has 4 aromatic rings. The van der Waals surface area contributed by atoms with Crippen LogP contribution in [0, 0.1) is 11.6 Å². The summed E-state index contributed by atoms with van der Waals surface area (Å²) in [7, 11) is -1.52. The van der Waals surface area contributed by atoms with Crippen LogP contribution < -0.4 is 19.1 Å². The number of thiazole rings is 1. The van der Waals surface area contributed by atoms with Gasteiger partial charge in [-0.3, -0.25) is 0 Å². The molecule has 0 fully saturated rings. The van der Waals surface area contributed by atoms with Gasteiger partial charge >= 0.3 is 0 Å². The maximum Gasteiger partial charge on any atom is 0.269 e. The van der Waals surface area contributed by atoms with E-state index >= 15 is 4.39 Å². The molecule has 0 aliphatic rings. The van der Waals surface area contributed by atoms with Crippen molar-refractivity contribution >= 4 is 43.8 Å². The number of anilines is 2. The van der Waals surface area contributed by atoms with Gasteiger partial charge in [0.2, 0.25) is 0 Å². The number of hydrogen-bond donors (Lipinski definition) is 1. The number of methoxy groups -OCH3 is 2. The summed E-state index contributed by atoms with van der Waals surface area (Å²) in [5.74, 6) is -0.655. The molecule has 12 heteroatoms. The second-order valence-electron chi connectivity index (χ2n) is 8.13. The van der Waals surface area contributed by atoms with Gasteiger partial charge in [0.25, 0.3) is 10.0 Å². The van der Waals surface area contributed by atoms with E-state index in [4.69, 9.17) is 21.1 Å². The quantitative estimate of drug-likeness (QED) is 0.226. The zero-order valence-electron chi connectivity index (χ0n) is 20.6. The monoisotopic (exact) mass is 579 g/mol. The van der Waals surface area contributed by atoms with E-state index in [0.717, 1.165) is 21.7 Å². The Morgan fingerprint density at radius 3 is 2.53 bits per heavy atom. The molecule has 0 saturated carbocycles. The summed E-state index contributed by atoms with van der Waals surface area (Å²) in [6, 6.07) is 13.0. The maximum atomic E-state index is 15.6. The predicted octanol–water partition coefficient (Wildman–Crippen LogP) is 6.66. The van der Waals surface area contributed by atoms with Crippen LogP contribution in [-0.2, 0) is 16.6 Å². The van der Waals surface area contributed by atoms with Crippen molar-refractivity contribution in [3.63, 3.8) is 0 Å². The van der Waals surface area contributed by atoms with E-state index in [1.54, 1.807) is 48.7 Å². The van der Waals surface area contributed by atoms with Crippen LogP contribution in [-0.4, -0.2) is 27.6 Å². The minimum Gasteiger partial charge on any atom is -0.497 e. The molecule has 0 aliphatic carbocycles. The number of sulfonamides is 1. The Morgan fingerprint density at radius 1 is 1.11 bits per heavy atom. The van der Waals surface area contributed by atoms with Gasteiger partial charge < -0.3 is 14.8 Å². The molecule has 0 saturated heterocycles. The average Bonchev–Trinajstić information content (AvgIpc) is 3.44. The number of ether oxygens (including phenoxy) is 2. The van der Waals surface area contributed by atoms with Crippen molar-refractivity contribution in [1.82, 2.24) is 4.98 Å². The third-order valence-electron chi connectivity index (χ3n) is 5.80. The first-order valence-electron chi connectivity index (χ1n) is 11.3. The van der Waals surface area contributed by atoms with Gasteiger partial charge in [-0.25, -0.2) is 26.5 Å². The molecule has 200 valence electrons. The Morgan fingerprint density at radius 2 is 1.87 bits per heavy atom. The highest BCUT2D eigenvalue weighted by molar-refractivity contribution is 7.93. The molecule has 1 heterocycles. The summed E-state index contributed by atoms with van der Waals surface area (Å²) in [6.07, 6.45) is 1.45. The van der Waals surface area contributed by atoms with Crippen LogP contribution in [0.4, 0.5) is 19.6 Å². The number of halogens is 3. The third-order valence-corrected chi connectivity index (χ3v) is 8.83. The molecular weight excluding hydrogens is 556 g/mol. The lowest BCUT2D eigenvalue weighted by Crippen LogP contribution is -2.31. The average molecular weight is 580 g/mol. The van der Waals surface area contributed by atoms with Gasteiger partial charge in [-0.1, -0.05) is 29.8 Å². The van der Waals surface area contributed by atoms with E-state index in [-0.39, 0.29) is 17.4 Å². The van der Waals surface area contributed by atoms with Crippen LogP contribution >= 0.6 is 22.9 Å². The lowest BCUT2D eigenvalue weighted by atomic mass is 10.1. The van der Waals surface area contributed by atoms with Gasteiger partial charge in [0.1, 0.15) is 27.2 Å². The van der Waals surface area contributed by atoms with E-state index in [9.17, 15) is 12.8 Å². The number of hydrogen-bond acceptors (Lipinski definition) is 7. The minimum absolute atomic E-state index is 0.122. The second-order valence-corrected chi connectivity index (χ2v) is 11.2. The Labute approximate surface area is 228 Å². The maximum absolute atomic E-state index is 15.6. The minimum atomic E-state index is -4.47. The second kappa shape index (κ2) is 11.5. The van der Waals surface area contributed by atoms with Gasteiger partial charge in [-0.2, -0.15) is 0 Å². The predicted molar refractivity (Wildman–Crippen MR) is 145 cm³/mol. The highest BCUT2D eigenvalue weighted by Gasteiger charge is 2.32. The van der Waals surface area contributed by atoms with Crippen molar-refractivity contribution in [2.75, 3.05) is 23.8 Å². The SMILES string of the molecule is COc1ccc(CN(c2nccs2)S(=O)(=O)c2ccc(NC(C)c3ccccc3F)c(Cl)c2F)c(OC)c1. The Kier molecular flexibility index (Phi) is 8.39. The van der Waals surface area contributed by atoms with Crippen molar-refractivity contribution in [2.45, 2.75) is 24.4 Å². The van der Waals surface area contributed by atoms with Gasteiger partial charge in [-0.15, -0.1) is 11.3 Å². The first kappa shape index (κ1) is 27.6. The summed E-state index contributed by atoms with van der Waals surface area (Å²) in [6.45, 7) is 1.49. The van der Waals surface area contributed by atoms with Crippen LogP contribution in [0.2, 0.25) is 5.02 Å². The zero-order valence-corrected chi connectivity index (χ0v) is 23.0. The van der Waals surface area contributed by atoms with Gasteiger partial charge in [0.05, 0.1) is 32.5 Å². The summed E-state index contributed by atoms with van der Waals surface area (Å²) < 4.78 is 69.0. The number of aromatic nitrogens is 1. The molecule has 4 rings (SSSR count). The fraction of sp³-hybridized carbons (Fsp3) is 0.192. The number of nitrogens with zero attached hydrogens (tertiary/aromatic N) is 2. The summed E-state index contributed by atoms with van der Waals surface area (Å²) >= 11 is 7.37. The molecule has 7 nitrogen and oxygen atoms in total. The number of benzene rings is 3. The van der Waals surface area contributed by atoms with Crippen molar-refractivity contribution in [2.24, 2.45) is 0 Å². The van der Waals surface area contributed by atoms with Gasteiger partial charge in [0, 0.05) is 28.8 Å². The van der Waals surface area contributed by atoms with Crippen LogP contribution in [0.5, 0.6) is 11.5 Å². The van der Waals surface area contributed by atoms with E-state index in [0.29, 0.717) is 22.6 Å². The Bertz CT molecular complexity index is 1540. The van der Waals surface area contributed by atoms with Crippen molar-refractivity contribution < 1.29 is 26.7 Å². The summed E-state index contributed by atoms with van der Waals surface area (Å²) in [4.78, 5) is 3.51. The molecule has 3 aromatic carbocycles. The molecule has 0 bridgehead atoms. The van der Waals surface area contributed by atoms with E-state index < -0.39 is 37.6 Å². The molecule has 0 radical (unpaired) electrons. The van der Waals surface area contributed by atoms with Gasteiger partial charge in [-0.05, 0) is 37.3 Å². The van der Waals surface area contributed by atoms with E-state index in [1.807, 2.05) is 0 Å². The third kappa shape index (κ3) is 5.54. The van der Waals surface area contributed by atoms with Crippen molar-refractivity contribution in [1.29, 1.82) is 0 Å². The molecule has 1 unspecified atom stereocenters. The molecule has 0 spiro atoms. The van der Waals surface area contributed by atoms with E-state index in [1.165, 1.54) is 32.5 Å². The van der Waals surface area contributed by atoms with Crippen LogP contribution in [0.1, 0.15) is 24.1 Å². The number of nitrogens with one attached hydrogen (secondary N) is 1. The lowest BCUT2D eigenvalue weighted by molar-refractivity contribution is 0.391. The van der Waals surface area contributed by atoms with Crippen LogP contribution in [0.3, 0.4) is 0 Å². The Balaban J connectivity index is 1.70. The molecule has 0 amide bonds. The smallest absolute Gasteiger partial charge is 0.269 e. The fourth-order valence-corrected chi connectivity index (χ4v) is 6.44. The fourth-order valence-electron chi connectivity index (χ4n) is 3.83. The summed E-state index contributed by atoms with van der Waals surface area (Å²) in [5.41, 5.74) is 0.983. The molecule has 38 heavy (non-hydrogen) atoms. The van der Waals surface area contributed by atoms with E-state index in [2.05, 4.69) is 10.3 Å². The molecule has 1 N–H and O–H groups in total. The summed E-state index contributed by atoms with van der Waals surface area (Å²) in [5, 5.41) is 4.26. The largest absolute Gasteiger partial charge is 0.497 e. The molecular formula is C26H24ClF2N3O4S2. The van der Waals surface area contributed by atoms with Gasteiger partial charge in [0.15, 0.2) is 10.9 Å². The highest BCUT2D eigenvalue weighted by atomic mass is 35.5. The van der Waals surface area contributed by atoms with Crippen LogP contribution in [0.15, 0.2) is 71.1 Å². The first-order valence-corrected chi connectivity index (χ1v) is 14.0. The van der Waals surface area contributed by atoms with Crippen LogP contribution in [0.25, 0.3) is 0 Å². The van der Waals surface area contributed by atoms with Crippen molar-refractivity contribution in [3.8, 4) is 11.5 Å². The molecule has 1 aromatic heterocycles. The number of rotatable bonds is 10. The topological polar surface area (TPSA) is 80.8 Å². The standard InChI is InChI=1S/C26H24ClF2N3O4S2/c1-16(19-6-4-5-7-20(19)28)31-21-10-11-23(25(29)24(21)27)38(33,34)32(26-30-12-13-37-26)15-17-8-9-18(35-2)14-22(17)36-3/h4-14,16,31H,15H2,1-3H3. The zero-order chi connectivity index (χ0) is 27.4. The first-order chi connectivity index (χ1) is 18.2.